The Hall–Kier alpha value is -0.340. The van der Waals surface area contributed by atoms with Crippen molar-refractivity contribution in [2.24, 2.45) is 0 Å². The second kappa shape index (κ2) is 10.4. The fraction of sp³-hybridized carbons (Fsp3) is 1.00. The van der Waals surface area contributed by atoms with Crippen molar-refractivity contribution in [1.82, 2.24) is 0 Å². The van der Waals surface area contributed by atoms with Crippen LogP contribution in [0, 0.1) is 0 Å². The largest absolute Gasteiger partial charge is 0.367 e. The van der Waals surface area contributed by atoms with Gasteiger partial charge in [-0.1, -0.05) is 12.8 Å². The van der Waals surface area contributed by atoms with Gasteiger partial charge in [0.25, 0.3) is 20.2 Å². The number of unbranched alkanes of at least 4 members (excludes halogenated alkanes) is 3. The summed E-state index contributed by atoms with van der Waals surface area (Å²) in [4.78, 5) is 0. The average Bonchev–Trinajstić information content (AvgIpc) is 2.27. The van der Waals surface area contributed by atoms with Crippen LogP contribution in [0.1, 0.15) is 25.7 Å². The first kappa shape index (κ1) is 21.7. The van der Waals surface area contributed by atoms with Crippen LogP contribution in [0.2, 0.25) is 0 Å². The van der Waals surface area contributed by atoms with Crippen LogP contribution in [-0.4, -0.2) is 73.5 Å². The topological polar surface area (TPSA) is 168 Å². The SMILES string of the molecule is O=S(=O)(O)CC(O)OCCCCCCOC(O)CS(=O)(=O)O. The predicted molar refractivity (Wildman–Crippen MR) is 75.2 cm³/mol. The van der Waals surface area contributed by atoms with E-state index < -0.39 is 44.3 Å². The minimum atomic E-state index is -4.28. The van der Waals surface area contributed by atoms with Crippen molar-refractivity contribution >= 4 is 20.2 Å². The second-order valence-corrected chi connectivity index (χ2v) is 7.56. The minimum Gasteiger partial charge on any atom is -0.367 e. The van der Waals surface area contributed by atoms with Crippen LogP contribution in [0.15, 0.2) is 0 Å². The highest BCUT2D eigenvalue weighted by molar-refractivity contribution is 7.86. The Morgan fingerprint density at radius 2 is 1.00 bits per heavy atom. The van der Waals surface area contributed by atoms with Crippen molar-refractivity contribution in [2.75, 3.05) is 24.7 Å². The van der Waals surface area contributed by atoms with Crippen molar-refractivity contribution in [1.29, 1.82) is 0 Å². The van der Waals surface area contributed by atoms with Gasteiger partial charge in [-0.2, -0.15) is 16.8 Å². The Balaban J connectivity index is 3.48. The molecule has 0 aromatic rings. The molecule has 0 aliphatic heterocycles. The maximum absolute atomic E-state index is 10.4. The summed E-state index contributed by atoms with van der Waals surface area (Å²) < 4.78 is 68.1. The molecule has 0 aliphatic carbocycles. The highest BCUT2D eigenvalue weighted by Gasteiger charge is 2.14. The lowest BCUT2D eigenvalue weighted by atomic mass is 10.2. The Morgan fingerprint density at radius 1 is 0.682 bits per heavy atom. The number of aliphatic hydroxyl groups excluding tert-OH is 2. The average molecular weight is 366 g/mol. The molecule has 0 amide bonds. The highest BCUT2D eigenvalue weighted by Crippen LogP contribution is 2.03. The Kier molecular flexibility index (Phi) is 10.3. The summed E-state index contributed by atoms with van der Waals surface area (Å²) in [6.07, 6.45) is -0.721. The molecule has 0 fully saturated rings. The van der Waals surface area contributed by atoms with E-state index in [0.29, 0.717) is 25.7 Å². The highest BCUT2D eigenvalue weighted by atomic mass is 32.2. The lowest BCUT2D eigenvalue weighted by Gasteiger charge is -2.11. The first-order valence-corrected chi connectivity index (χ1v) is 9.71. The van der Waals surface area contributed by atoms with Crippen LogP contribution in [0.4, 0.5) is 0 Å². The van der Waals surface area contributed by atoms with Gasteiger partial charge in [0.2, 0.25) is 0 Å². The molecule has 134 valence electrons. The summed E-state index contributed by atoms with van der Waals surface area (Å²) in [5.41, 5.74) is 0. The quantitative estimate of drug-likeness (QED) is 0.180. The van der Waals surface area contributed by atoms with Crippen molar-refractivity contribution < 1.29 is 45.6 Å². The molecule has 2 atom stereocenters. The van der Waals surface area contributed by atoms with E-state index in [9.17, 15) is 16.8 Å². The molecule has 0 rings (SSSR count). The molecule has 0 aromatic heterocycles. The lowest BCUT2D eigenvalue weighted by Crippen LogP contribution is -2.24. The minimum absolute atomic E-state index is 0.114. The van der Waals surface area contributed by atoms with Crippen LogP contribution < -0.4 is 0 Å². The van der Waals surface area contributed by atoms with Crippen molar-refractivity contribution in [2.45, 2.75) is 38.3 Å². The van der Waals surface area contributed by atoms with E-state index in [1.165, 1.54) is 0 Å². The van der Waals surface area contributed by atoms with Gasteiger partial charge >= 0.3 is 0 Å². The zero-order valence-electron chi connectivity index (χ0n) is 11.9. The van der Waals surface area contributed by atoms with E-state index in [2.05, 4.69) is 0 Å². The molecule has 4 N–H and O–H groups in total. The van der Waals surface area contributed by atoms with Crippen LogP contribution >= 0.6 is 0 Å². The molecular weight excluding hydrogens is 344 g/mol. The van der Waals surface area contributed by atoms with Gasteiger partial charge in [-0.15, -0.1) is 0 Å². The maximum atomic E-state index is 10.4. The van der Waals surface area contributed by atoms with Gasteiger partial charge in [-0.25, -0.2) is 0 Å². The molecule has 10 nitrogen and oxygen atoms in total. The number of hydrogen-bond donors (Lipinski definition) is 4. The molecule has 22 heavy (non-hydrogen) atoms. The first-order chi connectivity index (χ1) is 9.99. The van der Waals surface area contributed by atoms with Crippen molar-refractivity contribution in [3.8, 4) is 0 Å². The standard InChI is InChI=1S/C10H22O10S2/c11-9(7-21(13,14)15)19-5-3-1-2-4-6-20-10(12)8-22(16,17)18/h9-12H,1-8H2,(H,13,14,15)(H,16,17,18). The molecular formula is C10H22O10S2. The summed E-state index contributed by atoms with van der Waals surface area (Å²) in [6.45, 7) is 0.228. The monoisotopic (exact) mass is 366 g/mol. The number of ether oxygens (including phenoxy) is 2. The number of hydrogen-bond acceptors (Lipinski definition) is 8. The third-order valence-electron chi connectivity index (χ3n) is 2.37. The normalized spacial score (nSPS) is 15.6. The van der Waals surface area contributed by atoms with Gasteiger partial charge in [-0.05, 0) is 12.8 Å². The lowest BCUT2D eigenvalue weighted by molar-refractivity contribution is -0.0872. The van der Waals surface area contributed by atoms with Gasteiger partial charge in [0.05, 0.1) is 0 Å². The molecule has 0 aliphatic rings. The maximum Gasteiger partial charge on any atom is 0.269 e. The second-order valence-electron chi connectivity index (χ2n) is 4.56. The molecule has 0 heterocycles. The van der Waals surface area contributed by atoms with E-state index in [1.54, 1.807) is 0 Å². The Bertz CT molecular complexity index is 440. The van der Waals surface area contributed by atoms with E-state index in [1.807, 2.05) is 0 Å². The van der Waals surface area contributed by atoms with Crippen LogP contribution in [0.25, 0.3) is 0 Å². The summed E-state index contributed by atoms with van der Waals surface area (Å²) in [7, 11) is -8.55. The van der Waals surface area contributed by atoms with E-state index in [4.69, 9.17) is 28.8 Å². The molecule has 0 spiro atoms. The zero-order chi connectivity index (χ0) is 17.2. The van der Waals surface area contributed by atoms with Crippen LogP contribution in [-0.2, 0) is 29.7 Å². The van der Waals surface area contributed by atoms with Gasteiger partial charge in [0, 0.05) is 13.2 Å². The molecule has 12 heteroatoms. The fourth-order valence-corrected chi connectivity index (χ4v) is 2.37. The third kappa shape index (κ3) is 16.0. The number of aliphatic hydroxyl groups is 2. The molecule has 0 saturated carbocycles. The summed E-state index contributed by atoms with van der Waals surface area (Å²) in [5, 5.41) is 18.2. The molecule has 2 unspecified atom stereocenters. The van der Waals surface area contributed by atoms with E-state index in [0.717, 1.165) is 0 Å². The summed E-state index contributed by atoms with van der Waals surface area (Å²) in [5.74, 6) is -1.76. The van der Waals surface area contributed by atoms with Gasteiger partial charge < -0.3 is 19.7 Å². The molecule has 0 saturated heterocycles. The first-order valence-electron chi connectivity index (χ1n) is 6.49. The van der Waals surface area contributed by atoms with E-state index >= 15 is 0 Å². The molecule has 0 aromatic carbocycles. The van der Waals surface area contributed by atoms with E-state index in [-0.39, 0.29) is 13.2 Å². The van der Waals surface area contributed by atoms with Gasteiger partial charge in [0.1, 0.15) is 11.5 Å². The fourth-order valence-electron chi connectivity index (χ4n) is 1.45. The Morgan fingerprint density at radius 3 is 1.27 bits per heavy atom. The zero-order valence-corrected chi connectivity index (χ0v) is 13.5. The third-order valence-corrected chi connectivity index (χ3v) is 3.78. The molecule has 0 radical (unpaired) electrons. The number of rotatable bonds is 13. The van der Waals surface area contributed by atoms with Crippen LogP contribution in [0.3, 0.4) is 0 Å². The summed E-state index contributed by atoms with van der Waals surface area (Å²) >= 11 is 0. The predicted octanol–water partition coefficient (Wildman–Crippen LogP) is -1.01. The Labute approximate surface area is 129 Å². The summed E-state index contributed by atoms with van der Waals surface area (Å²) in [6, 6.07) is 0. The van der Waals surface area contributed by atoms with Gasteiger partial charge in [-0.3, -0.25) is 9.11 Å². The molecule has 0 bridgehead atoms. The van der Waals surface area contributed by atoms with Crippen LogP contribution in [0.5, 0.6) is 0 Å². The van der Waals surface area contributed by atoms with Gasteiger partial charge in [0.15, 0.2) is 12.6 Å². The van der Waals surface area contributed by atoms with Crippen molar-refractivity contribution in [3.63, 3.8) is 0 Å². The van der Waals surface area contributed by atoms with Crippen molar-refractivity contribution in [3.05, 3.63) is 0 Å². The smallest absolute Gasteiger partial charge is 0.269 e.